The van der Waals surface area contributed by atoms with Crippen molar-refractivity contribution in [1.82, 2.24) is 34.8 Å². The molecule has 0 fully saturated rings. The molecule has 3 aromatic heterocycles. The lowest BCUT2D eigenvalue weighted by atomic mass is 10.1. The molecule has 28 heavy (non-hydrogen) atoms. The highest BCUT2D eigenvalue weighted by atomic mass is 32.2. The fraction of sp³-hybridized carbons (Fsp3) is 0.235. The molecule has 2 N–H and O–H groups in total. The number of nitrogens with zero attached hydrogens (tertiary/aromatic N) is 7. The number of aryl methyl sites for hydroxylation is 3. The van der Waals surface area contributed by atoms with Crippen LogP contribution in [0.25, 0.3) is 17.3 Å². The Morgan fingerprint density at radius 2 is 2.00 bits per heavy atom. The van der Waals surface area contributed by atoms with Crippen LogP contribution < -0.4 is 5.84 Å². The zero-order valence-electron chi connectivity index (χ0n) is 15.4. The Morgan fingerprint density at radius 3 is 2.71 bits per heavy atom. The first-order chi connectivity index (χ1) is 13.4. The van der Waals surface area contributed by atoms with Gasteiger partial charge in [0.15, 0.2) is 0 Å². The standard InChI is InChI=1S/C17H17FN8OS/c1-9-4-5-12(7-13(9)18)15-20-14(27-24-15)8-28-17-22-21-16(25(17)19)26-11(3)6-10(2)23-26/h4-7H,8,19H2,1-3H3. The van der Waals surface area contributed by atoms with Crippen LogP contribution in [0.15, 0.2) is 33.9 Å². The smallest absolute Gasteiger partial charge is 0.271 e. The van der Waals surface area contributed by atoms with Crippen molar-refractivity contribution in [2.45, 2.75) is 31.7 Å². The second kappa shape index (κ2) is 7.08. The molecule has 0 atom stereocenters. The average molecular weight is 400 g/mol. The van der Waals surface area contributed by atoms with Crippen molar-refractivity contribution >= 4 is 11.8 Å². The van der Waals surface area contributed by atoms with Gasteiger partial charge in [-0.2, -0.15) is 10.1 Å². The van der Waals surface area contributed by atoms with Crippen LogP contribution in [-0.4, -0.2) is 34.8 Å². The highest BCUT2D eigenvalue weighted by molar-refractivity contribution is 7.98. The molecule has 0 amide bonds. The lowest BCUT2D eigenvalue weighted by molar-refractivity contribution is 0.391. The molecule has 1 aromatic carbocycles. The maximum atomic E-state index is 13.7. The van der Waals surface area contributed by atoms with Gasteiger partial charge < -0.3 is 10.4 Å². The van der Waals surface area contributed by atoms with E-state index in [0.29, 0.717) is 39.7 Å². The number of benzene rings is 1. The molecule has 4 rings (SSSR count). The van der Waals surface area contributed by atoms with Gasteiger partial charge in [-0.25, -0.2) is 13.7 Å². The molecule has 0 saturated heterocycles. The summed E-state index contributed by atoms with van der Waals surface area (Å²) in [6.45, 7) is 5.50. The van der Waals surface area contributed by atoms with Gasteiger partial charge in [0, 0.05) is 11.3 Å². The van der Waals surface area contributed by atoms with Crippen molar-refractivity contribution in [3.63, 3.8) is 0 Å². The van der Waals surface area contributed by atoms with E-state index in [1.807, 2.05) is 19.9 Å². The number of aromatic nitrogens is 7. The summed E-state index contributed by atoms with van der Waals surface area (Å²) < 4.78 is 22.0. The molecule has 0 aliphatic rings. The number of halogens is 1. The summed E-state index contributed by atoms with van der Waals surface area (Å²) >= 11 is 1.30. The molecule has 0 aliphatic carbocycles. The van der Waals surface area contributed by atoms with Crippen LogP contribution in [0.1, 0.15) is 22.8 Å². The van der Waals surface area contributed by atoms with E-state index in [2.05, 4.69) is 25.4 Å². The van der Waals surface area contributed by atoms with Crippen LogP contribution in [-0.2, 0) is 5.75 Å². The zero-order valence-corrected chi connectivity index (χ0v) is 16.2. The number of nitrogen functional groups attached to an aromatic ring is 1. The number of thioether (sulfide) groups is 1. The van der Waals surface area contributed by atoms with Crippen molar-refractivity contribution in [3.8, 4) is 17.3 Å². The van der Waals surface area contributed by atoms with Gasteiger partial charge in [-0.05, 0) is 38.5 Å². The maximum absolute atomic E-state index is 13.7. The number of hydrogen-bond donors (Lipinski definition) is 1. The first kappa shape index (κ1) is 18.2. The van der Waals surface area contributed by atoms with Gasteiger partial charge in [-0.1, -0.05) is 29.1 Å². The average Bonchev–Trinajstić information content (AvgIpc) is 3.35. The highest BCUT2D eigenvalue weighted by Gasteiger charge is 2.17. The quantitative estimate of drug-likeness (QED) is 0.402. The molecule has 11 heteroatoms. The minimum absolute atomic E-state index is 0.314. The number of nitrogens with two attached hydrogens (primary N) is 1. The SMILES string of the molecule is Cc1cc(C)n(-c2nnc(SCc3nc(-c4ccc(C)c(F)c4)no3)n2N)n1. The first-order valence-corrected chi connectivity index (χ1v) is 9.37. The molecular weight excluding hydrogens is 383 g/mol. The minimum atomic E-state index is -0.314. The second-order valence-electron chi connectivity index (χ2n) is 6.26. The Hall–Kier alpha value is -3.21. The highest BCUT2D eigenvalue weighted by Crippen LogP contribution is 2.24. The van der Waals surface area contributed by atoms with Crippen LogP contribution in [0.3, 0.4) is 0 Å². The Labute approximate surface area is 163 Å². The predicted octanol–water partition coefficient (Wildman–Crippen LogP) is 2.58. The number of rotatable bonds is 5. The predicted molar refractivity (Wildman–Crippen MR) is 101 cm³/mol. The summed E-state index contributed by atoms with van der Waals surface area (Å²) in [6.07, 6.45) is 0. The summed E-state index contributed by atoms with van der Waals surface area (Å²) in [4.78, 5) is 4.30. The summed E-state index contributed by atoms with van der Waals surface area (Å²) in [5.74, 6) is 7.24. The van der Waals surface area contributed by atoms with Gasteiger partial charge in [0.2, 0.25) is 16.9 Å². The fourth-order valence-corrected chi connectivity index (χ4v) is 3.32. The van der Waals surface area contributed by atoms with E-state index in [-0.39, 0.29) is 5.82 Å². The van der Waals surface area contributed by atoms with Gasteiger partial charge >= 0.3 is 0 Å². The van der Waals surface area contributed by atoms with Crippen molar-refractivity contribution in [2.24, 2.45) is 0 Å². The van der Waals surface area contributed by atoms with Crippen LogP contribution in [0.4, 0.5) is 4.39 Å². The Kier molecular flexibility index (Phi) is 4.59. The number of hydrogen-bond acceptors (Lipinski definition) is 8. The first-order valence-electron chi connectivity index (χ1n) is 8.38. The van der Waals surface area contributed by atoms with E-state index in [9.17, 15) is 4.39 Å². The van der Waals surface area contributed by atoms with Crippen molar-refractivity contribution < 1.29 is 8.91 Å². The molecule has 0 unspecified atom stereocenters. The molecule has 0 radical (unpaired) electrons. The van der Waals surface area contributed by atoms with E-state index < -0.39 is 0 Å². The summed E-state index contributed by atoms with van der Waals surface area (Å²) in [5, 5.41) is 16.9. The van der Waals surface area contributed by atoms with Gasteiger partial charge in [0.1, 0.15) is 5.82 Å². The van der Waals surface area contributed by atoms with Crippen molar-refractivity contribution in [2.75, 3.05) is 5.84 Å². The Morgan fingerprint density at radius 1 is 1.18 bits per heavy atom. The van der Waals surface area contributed by atoms with Gasteiger partial charge in [0.05, 0.1) is 11.4 Å². The van der Waals surface area contributed by atoms with Crippen LogP contribution in [0.2, 0.25) is 0 Å². The topological polar surface area (TPSA) is 113 Å². The Balaban J connectivity index is 1.49. The molecular formula is C17H17FN8OS. The third kappa shape index (κ3) is 3.36. The lowest BCUT2D eigenvalue weighted by Crippen LogP contribution is -2.17. The van der Waals surface area contributed by atoms with E-state index >= 15 is 0 Å². The summed E-state index contributed by atoms with van der Waals surface area (Å²) in [7, 11) is 0. The minimum Gasteiger partial charge on any atom is -0.338 e. The molecule has 4 aromatic rings. The van der Waals surface area contributed by atoms with E-state index in [1.165, 1.54) is 22.5 Å². The largest absolute Gasteiger partial charge is 0.338 e. The van der Waals surface area contributed by atoms with Gasteiger partial charge in [0.25, 0.3) is 5.95 Å². The maximum Gasteiger partial charge on any atom is 0.271 e. The molecule has 3 heterocycles. The zero-order chi connectivity index (χ0) is 19.8. The second-order valence-corrected chi connectivity index (χ2v) is 7.20. The summed E-state index contributed by atoms with van der Waals surface area (Å²) in [6, 6.07) is 6.73. The van der Waals surface area contributed by atoms with Crippen molar-refractivity contribution in [3.05, 3.63) is 52.9 Å². The molecule has 0 bridgehead atoms. The normalized spacial score (nSPS) is 11.3. The molecule has 144 valence electrons. The molecule has 0 aliphatic heterocycles. The summed E-state index contributed by atoms with van der Waals surface area (Å²) in [5.41, 5.74) is 2.88. The van der Waals surface area contributed by atoms with Gasteiger partial charge in [-0.3, -0.25) is 0 Å². The van der Waals surface area contributed by atoms with Crippen molar-refractivity contribution in [1.29, 1.82) is 0 Å². The van der Waals surface area contributed by atoms with E-state index in [0.717, 1.165) is 11.4 Å². The third-order valence-corrected chi connectivity index (χ3v) is 5.00. The molecule has 0 saturated carbocycles. The third-order valence-electron chi connectivity index (χ3n) is 4.07. The van der Waals surface area contributed by atoms with E-state index in [1.54, 1.807) is 23.7 Å². The monoisotopic (exact) mass is 400 g/mol. The van der Waals surface area contributed by atoms with Crippen LogP contribution in [0, 0.1) is 26.6 Å². The van der Waals surface area contributed by atoms with Gasteiger partial charge in [-0.15, -0.1) is 10.2 Å². The van der Waals surface area contributed by atoms with Crippen LogP contribution in [0.5, 0.6) is 0 Å². The van der Waals surface area contributed by atoms with Crippen LogP contribution >= 0.6 is 11.8 Å². The molecule has 9 nitrogen and oxygen atoms in total. The Bertz CT molecular complexity index is 1150. The van der Waals surface area contributed by atoms with E-state index in [4.69, 9.17) is 10.4 Å². The lowest BCUT2D eigenvalue weighted by Gasteiger charge is -2.03. The fourth-order valence-electron chi connectivity index (χ4n) is 2.63. The molecule has 0 spiro atoms.